The quantitative estimate of drug-likeness (QED) is 0.534. The molecule has 0 amide bonds. The van der Waals surface area contributed by atoms with E-state index in [0.29, 0.717) is 5.54 Å². The molecule has 2 aliphatic heterocycles. The molecule has 1 fully saturated rings. The lowest BCUT2D eigenvalue weighted by Crippen LogP contribution is -2.32. The molecule has 0 aromatic carbocycles. The maximum atomic E-state index is 2.62. The average molecular weight is 152 g/mol. The minimum absolute atomic E-state index is 0.634. The summed E-state index contributed by atoms with van der Waals surface area (Å²) in [6.07, 6.45) is 10.9. The molecule has 2 aliphatic rings. The van der Waals surface area contributed by atoms with Crippen LogP contribution in [-0.2, 0) is 0 Å². The molecule has 0 radical (unpaired) electrons. The Balaban J connectivity index is 2.16. The summed E-state index contributed by atoms with van der Waals surface area (Å²) in [7, 11) is 0. The third-order valence-electron chi connectivity index (χ3n) is 3.32. The van der Waals surface area contributed by atoms with Crippen molar-refractivity contribution >= 4 is 6.21 Å². The van der Waals surface area contributed by atoms with Crippen LogP contribution in [0, 0.1) is 0 Å². The highest BCUT2D eigenvalue weighted by Crippen LogP contribution is 2.36. The van der Waals surface area contributed by atoms with Gasteiger partial charge >= 0.3 is 0 Å². The van der Waals surface area contributed by atoms with E-state index in [4.69, 9.17) is 0 Å². The first-order valence-electron chi connectivity index (χ1n) is 4.97. The second-order valence-electron chi connectivity index (χ2n) is 3.99. The molecule has 0 saturated carbocycles. The van der Waals surface area contributed by atoms with E-state index in [1.807, 2.05) is 0 Å². The molecular weight excluding hydrogens is 134 g/mol. The average Bonchev–Trinajstić information content (AvgIpc) is 2.45. The standard InChI is InChI=1S/C10H18N/c1-2-5-10-6-3-8-11(10)9-4-7-10/h8H,2-7,9H2,1H3/q+1. The molecule has 1 unspecified atom stereocenters. The summed E-state index contributed by atoms with van der Waals surface area (Å²) in [5.41, 5.74) is 0.634. The zero-order valence-electron chi connectivity index (χ0n) is 7.47. The van der Waals surface area contributed by atoms with Gasteiger partial charge in [-0.15, -0.1) is 0 Å². The Bertz CT molecular complexity index is 183. The zero-order chi connectivity index (χ0) is 7.73. The molecule has 2 rings (SSSR count). The minimum atomic E-state index is 0.634. The van der Waals surface area contributed by atoms with Crippen LogP contribution in [0.5, 0.6) is 0 Å². The van der Waals surface area contributed by atoms with E-state index in [-0.39, 0.29) is 0 Å². The predicted molar refractivity (Wildman–Crippen MR) is 47.3 cm³/mol. The van der Waals surface area contributed by atoms with Crippen LogP contribution in [0.25, 0.3) is 0 Å². The van der Waals surface area contributed by atoms with Gasteiger partial charge in [-0.2, -0.15) is 0 Å². The van der Waals surface area contributed by atoms with Crippen molar-refractivity contribution in [2.75, 3.05) is 6.54 Å². The van der Waals surface area contributed by atoms with Crippen molar-refractivity contribution in [3.05, 3.63) is 0 Å². The van der Waals surface area contributed by atoms with Crippen LogP contribution in [0.2, 0.25) is 0 Å². The van der Waals surface area contributed by atoms with Crippen LogP contribution in [0.15, 0.2) is 0 Å². The molecule has 0 aliphatic carbocycles. The highest BCUT2D eigenvalue weighted by atomic mass is 15.1. The van der Waals surface area contributed by atoms with E-state index in [1.54, 1.807) is 0 Å². The number of hydrogen-bond acceptors (Lipinski definition) is 0. The Hall–Kier alpha value is -0.330. The van der Waals surface area contributed by atoms with Gasteiger partial charge in [0.15, 0.2) is 5.54 Å². The second kappa shape index (κ2) is 2.62. The van der Waals surface area contributed by atoms with E-state index in [2.05, 4.69) is 17.7 Å². The lowest BCUT2D eigenvalue weighted by Gasteiger charge is -2.19. The molecule has 11 heavy (non-hydrogen) atoms. The maximum absolute atomic E-state index is 2.62. The van der Waals surface area contributed by atoms with Crippen molar-refractivity contribution in [1.82, 2.24) is 0 Å². The van der Waals surface area contributed by atoms with Gasteiger partial charge in [0, 0.05) is 32.1 Å². The molecule has 1 saturated heterocycles. The molecule has 1 atom stereocenters. The van der Waals surface area contributed by atoms with E-state index in [0.717, 1.165) is 0 Å². The van der Waals surface area contributed by atoms with Crippen molar-refractivity contribution in [1.29, 1.82) is 0 Å². The van der Waals surface area contributed by atoms with Gasteiger partial charge in [-0.05, 0) is 6.42 Å². The van der Waals surface area contributed by atoms with Crippen molar-refractivity contribution in [3.8, 4) is 0 Å². The fourth-order valence-corrected chi connectivity index (χ4v) is 2.86. The van der Waals surface area contributed by atoms with Gasteiger partial charge in [0.2, 0.25) is 0 Å². The summed E-state index contributed by atoms with van der Waals surface area (Å²) in [6.45, 7) is 3.64. The van der Waals surface area contributed by atoms with Crippen LogP contribution in [0.4, 0.5) is 0 Å². The largest absolute Gasteiger partial charge is 0.234 e. The molecule has 1 nitrogen and oxygen atoms in total. The third kappa shape index (κ3) is 1.02. The highest BCUT2D eigenvalue weighted by molar-refractivity contribution is 5.53. The van der Waals surface area contributed by atoms with Gasteiger partial charge < -0.3 is 0 Å². The minimum Gasteiger partial charge on any atom is -0.234 e. The molecule has 1 heteroatoms. The highest BCUT2D eigenvalue weighted by Gasteiger charge is 2.46. The van der Waals surface area contributed by atoms with Gasteiger partial charge in [-0.3, -0.25) is 0 Å². The van der Waals surface area contributed by atoms with Crippen LogP contribution >= 0.6 is 0 Å². The molecular formula is C10H18N+. The SMILES string of the molecule is CCCC12CCC=[N+]1CCC2. The topological polar surface area (TPSA) is 3.01 Å². The predicted octanol–water partition coefficient (Wildman–Crippen LogP) is 2.20. The smallest absolute Gasteiger partial charge is 0.162 e. The van der Waals surface area contributed by atoms with Crippen LogP contribution in [0.1, 0.15) is 45.4 Å². The summed E-state index contributed by atoms with van der Waals surface area (Å²) >= 11 is 0. The Morgan fingerprint density at radius 3 is 3.18 bits per heavy atom. The zero-order valence-corrected chi connectivity index (χ0v) is 7.47. The van der Waals surface area contributed by atoms with Gasteiger partial charge in [-0.1, -0.05) is 6.92 Å². The first kappa shape index (κ1) is 7.33. The van der Waals surface area contributed by atoms with Crippen LogP contribution in [0.3, 0.4) is 0 Å². The lowest BCUT2D eigenvalue weighted by atomic mass is 9.89. The first-order valence-corrected chi connectivity index (χ1v) is 4.97. The Morgan fingerprint density at radius 1 is 1.45 bits per heavy atom. The Kier molecular flexibility index (Phi) is 1.74. The van der Waals surface area contributed by atoms with Crippen LogP contribution < -0.4 is 0 Å². The fourth-order valence-electron chi connectivity index (χ4n) is 2.86. The molecule has 0 N–H and O–H groups in total. The van der Waals surface area contributed by atoms with Crippen LogP contribution in [-0.4, -0.2) is 22.9 Å². The number of nitrogens with zero attached hydrogens (tertiary/aromatic N) is 1. The van der Waals surface area contributed by atoms with Gasteiger partial charge in [0.1, 0.15) is 12.8 Å². The third-order valence-corrected chi connectivity index (χ3v) is 3.32. The number of hydrogen-bond donors (Lipinski definition) is 0. The van der Waals surface area contributed by atoms with E-state index in [9.17, 15) is 0 Å². The summed E-state index contributed by atoms with van der Waals surface area (Å²) in [5.74, 6) is 0. The summed E-state index contributed by atoms with van der Waals surface area (Å²) in [6, 6.07) is 0. The Labute approximate surface area is 69.1 Å². The van der Waals surface area contributed by atoms with Gasteiger partial charge in [0.25, 0.3) is 0 Å². The first-order chi connectivity index (χ1) is 5.37. The fraction of sp³-hybridized carbons (Fsp3) is 0.900. The molecule has 62 valence electrons. The van der Waals surface area contributed by atoms with Crippen molar-refractivity contribution in [3.63, 3.8) is 0 Å². The van der Waals surface area contributed by atoms with Crippen molar-refractivity contribution in [2.45, 2.75) is 51.0 Å². The van der Waals surface area contributed by atoms with E-state index in [1.165, 1.54) is 45.1 Å². The molecule has 0 bridgehead atoms. The second-order valence-corrected chi connectivity index (χ2v) is 3.99. The molecule has 2 heterocycles. The lowest BCUT2D eigenvalue weighted by molar-refractivity contribution is -0.576. The maximum Gasteiger partial charge on any atom is 0.162 e. The van der Waals surface area contributed by atoms with Gasteiger partial charge in [0.05, 0.1) is 0 Å². The summed E-state index contributed by atoms with van der Waals surface area (Å²) < 4.78 is 2.62. The number of rotatable bonds is 2. The molecule has 0 spiro atoms. The van der Waals surface area contributed by atoms with E-state index >= 15 is 0 Å². The van der Waals surface area contributed by atoms with Gasteiger partial charge in [-0.25, -0.2) is 4.58 Å². The summed E-state index contributed by atoms with van der Waals surface area (Å²) in [4.78, 5) is 0. The monoisotopic (exact) mass is 152 g/mol. The molecule has 0 aromatic rings. The number of fused-ring (bicyclic) bond motifs is 1. The summed E-state index contributed by atoms with van der Waals surface area (Å²) in [5, 5.41) is 0. The van der Waals surface area contributed by atoms with E-state index < -0.39 is 0 Å². The van der Waals surface area contributed by atoms with Crippen molar-refractivity contribution in [2.24, 2.45) is 0 Å². The van der Waals surface area contributed by atoms with Crippen molar-refractivity contribution < 1.29 is 4.58 Å². The normalized spacial score (nSPS) is 35.5. The Morgan fingerprint density at radius 2 is 2.36 bits per heavy atom. The molecule has 0 aromatic heterocycles.